The lowest BCUT2D eigenvalue weighted by atomic mass is 9.40. The highest BCUT2D eigenvalue weighted by atomic mass is 16.7. The van der Waals surface area contributed by atoms with Crippen LogP contribution in [0.25, 0.3) is 0 Å². The van der Waals surface area contributed by atoms with Crippen LogP contribution in [0.1, 0.15) is 72.1 Å². The molecule has 1 aliphatic heterocycles. The van der Waals surface area contributed by atoms with Crippen LogP contribution in [0, 0.1) is 34.0 Å². The van der Waals surface area contributed by atoms with E-state index in [-0.39, 0.29) is 35.9 Å². The molecule has 5 aliphatic rings. The zero-order valence-electron chi connectivity index (χ0n) is 22.8. The van der Waals surface area contributed by atoms with Gasteiger partial charge in [-0.3, -0.25) is 4.79 Å². The number of aliphatic hydroxyl groups is 6. The first-order valence-electron chi connectivity index (χ1n) is 14.3. The first-order valence-corrected chi connectivity index (χ1v) is 14.3. The smallest absolute Gasteiger partial charge is 0.303 e. The summed E-state index contributed by atoms with van der Waals surface area (Å²) in [6.45, 7) is 5.17. The second-order valence-electron chi connectivity index (χ2n) is 13.5. The van der Waals surface area contributed by atoms with Gasteiger partial charge in [-0.05, 0) is 73.5 Å². The highest BCUT2D eigenvalue weighted by molar-refractivity contribution is 5.66. The molecule has 0 radical (unpaired) electrons. The molecule has 0 aromatic rings. The number of esters is 1. The third-order valence-electron chi connectivity index (χ3n) is 11.6. The minimum Gasteiger partial charge on any atom is -0.459 e. The third-order valence-corrected chi connectivity index (χ3v) is 11.6. The largest absolute Gasteiger partial charge is 0.459 e. The summed E-state index contributed by atoms with van der Waals surface area (Å²) in [7, 11) is 0. The Hall–Kier alpha value is -0.850. The van der Waals surface area contributed by atoms with Gasteiger partial charge in [0.1, 0.15) is 36.1 Å². The molecule has 4 aliphatic carbocycles. The monoisotopic (exact) mass is 542 g/mol. The molecule has 4 saturated carbocycles. The van der Waals surface area contributed by atoms with Gasteiger partial charge in [0.05, 0.1) is 13.2 Å². The number of hydrogen-bond donors (Lipinski definition) is 6. The summed E-state index contributed by atoms with van der Waals surface area (Å²) in [4.78, 5) is 12.4. The van der Waals surface area contributed by atoms with Crippen LogP contribution in [0.3, 0.4) is 0 Å². The molecular formula is C28H46O10. The molecule has 5 fully saturated rings. The number of aliphatic hydroxyl groups excluding tert-OH is 5. The van der Waals surface area contributed by atoms with Crippen molar-refractivity contribution in [1.82, 2.24) is 0 Å². The number of ether oxygens (including phenoxy) is 3. The fraction of sp³-hybridized carbons (Fsp3) is 0.964. The van der Waals surface area contributed by atoms with Crippen molar-refractivity contribution in [3.05, 3.63) is 0 Å². The van der Waals surface area contributed by atoms with Crippen molar-refractivity contribution in [1.29, 1.82) is 0 Å². The van der Waals surface area contributed by atoms with Crippen molar-refractivity contribution in [2.75, 3.05) is 19.8 Å². The van der Waals surface area contributed by atoms with E-state index in [2.05, 4.69) is 13.8 Å². The Morgan fingerprint density at radius 2 is 1.71 bits per heavy atom. The van der Waals surface area contributed by atoms with E-state index in [9.17, 15) is 35.4 Å². The summed E-state index contributed by atoms with van der Waals surface area (Å²) in [5.41, 5.74) is -2.16. The van der Waals surface area contributed by atoms with Gasteiger partial charge in [0.15, 0.2) is 6.29 Å². The summed E-state index contributed by atoms with van der Waals surface area (Å²) in [5.74, 6) is -0.112. The van der Waals surface area contributed by atoms with Crippen molar-refractivity contribution in [2.45, 2.75) is 115 Å². The average Bonchev–Trinajstić information content (AvgIpc) is 3.04. The van der Waals surface area contributed by atoms with Crippen LogP contribution in [0.15, 0.2) is 0 Å². The predicted octanol–water partition coefficient (Wildman–Crippen LogP) is 0.481. The summed E-state index contributed by atoms with van der Waals surface area (Å²) in [5, 5.41) is 62.9. The lowest BCUT2D eigenvalue weighted by Gasteiger charge is -2.64. The maximum absolute atomic E-state index is 12.4. The zero-order chi connectivity index (χ0) is 27.7. The standard InChI is InChI=1S/C28H46O10/c1-15(31)37-24-27-10-7-18-25(2,13-30)8-4-9-26(18,3)19(27)6-5-16(11-27)28(24,35)14-36-23-22(34)21(33)20(32)17(12-29)38-23/h16-24,29-30,32-35H,4-14H2,1-3H3. The normalized spacial score (nSPS) is 54.2. The Kier molecular flexibility index (Phi) is 7.47. The molecule has 2 bridgehead atoms. The summed E-state index contributed by atoms with van der Waals surface area (Å²) >= 11 is 0. The molecule has 10 nitrogen and oxygen atoms in total. The van der Waals surface area contributed by atoms with Gasteiger partial charge in [0, 0.05) is 18.9 Å². The van der Waals surface area contributed by atoms with Gasteiger partial charge in [-0.15, -0.1) is 0 Å². The molecule has 1 heterocycles. The van der Waals surface area contributed by atoms with Crippen molar-refractivity contribution >= 4 is 5.97 Å². The van der Waals surface area contributed by atoms with Crippen LogP contribution in [0.4, 0.5) is 0 Å². The number of hydrogen-bond acceptors (Lipinski definition) is 10. The highest BCUT2D eigenvalue weighted by Gasteiger charge is 2.73. The maximum atomic E-state index is 12.4. The van der Waals surface area contributed by atoms with Crippen molar-refractivity contribution in [2.24, 2.45) is 34.0 Å². The average molecular weight is 543 g/mol. The van der Waals surface area contributed by atoms with Crippen LogP contribution in [-0.2, 0) is 19.0 Å². The molecule has 6 N–H and O–H groups in total. The van der Waals surface area contributed by atoms with Crippen molar-refractivity contribution in [3.63, 3.8) is 0 Å². The molecule has 218 valence electrons. The maximum Gasteiger partial charge on any atom is 0.303 e. The number of fused-ring (bicyclic) bond motifs is 3. The second kappa shape index (κ2) is 9.91. The lowest BCUT2D eigenvalue weighted by Crippen LogP contribution is -2.62. The van der Waals surface area contributed by atoms with E-state index in [4.69, 9.17) is 14.2 Å². The molecule has 38 heavy (non-hydrogen) atoms. The van der Waals surface area contributed by atoms with Gasteiger partial charge in [-0.2, -0.15) is 0 Å². The van der Waals surface area contributed by atoms with E-state index in [0.29, 0.717) is 12.3 Å². The molecule has 1 spiro atoms. The minimum absolute atomic E-state index is 0.0548. The van der Waals surface area contributed by atoms with Crippen molar-refractivity contribution in [3.8, 4) is 0 Å². The predicted molar refractivity (Wildman–Crippen MR) is 133 cm³/mol. The van der Waals surface area contributed by atoms with Crippen LogP contribution in [0.5, 0.6) is 0 Å². The molecule has 0 amide bonds. The van der Waals surface area contributed by atoms with E-state index in [1.165, 1.54) is 6.92 Å². The van der Waals surface area contributed by atoms with Crippen LogP contribution in [0.2, 0.25) is 0 Å². The first kappa shape index (κ1) is 28.7. The molecule has 0 aromatic carbocycles. The van der Waals surface area contributed by atoms with Gasteiger partial charge >= 0.3 is 5.97 Å². The zero-order valence-corrected chi connectivity index (χ0v) is 22.8. The number of carbonyl (C=O) groups excluding carboxylic acids is 1. The Bertz CT molecular complexity index is 899. The van der Waals surface area contributed by atoms with Gasteiger partial charge in [0.25, 0.3) is 0 Å². The van der Waals surface area contributed by atoms with E-state index >= 15 is 0 Å². The fourth-order valence-corrected chi connectivity index (χ4v) is 9.90. The Morgan fingerprint density at radius 3 is 2.37 bits per heavy atom. The van der Waals surface area contributed by atoms with Crippen LogP contribution >= 0.6 is 0 Å². The third kappa shape index (κ3) is 4.09. The lowest BCUT2D eigenvalue weighted by molar-refractivity contribution is -0.313. The summed E-state index contributed by atoms with van der Waals surface area (Å²) in [6.07, 6.45) is -0.926. The fourth-order valence-electron chi connectivity index (χ4n) is 9.90. The highest BCUT2D eigenvalue weighted by Crippen LogP contribution is 2.73. The molecule has 1 saturated heterocycles. The first-order chi connectivity index (χ1) is 17.9. The Balaban J connectivity index is 1.44. The SMILES string of the molecule is CC(=O)OC1C(O)(COC2OC(CO)C(O)C(O)C2O)C2CCC3C4(C)CCCC(C)(CO)C4CCC31C2. The van der Waals surface area contributed by atoms with E-state index in [0.717, 1.165) is 44.9 Å². The topological polar surface area (TPSA) is 166 Å². The second-order valence-corrected chi connectivity index (χ2v) is 13.5. The van der Waals surface area contributed by atoms with Gasteiger partial charge in [-0.1, -0.05) is 20.3 Å². The molecule has 10 heteroatoms. The van der Waals surface area contributed by atoms with Gasteiger partial charge in [-0.25, -0.2) is 0 Å². The van der Waals surface area contributed by atoms with E-state index in [1.54, 1.807) is 0 Å². The van der Waals surface area contributed by atoms with Gasteiger partial charge in [0.2, 0.25) is 0 Å². The molecule has 5 rings (SSSR count). The number of rotatable bonds is 6. The molecule has 13 unspecified atom stereocenters. The Morgan fingerprint density at radius 1 is 0.974 bits per heavy atom. The molecule has 13 atom stereocenters. The quantitative estimate of drug-likeness (QED) is 0.260. The van der Waals surface area contributed by atoms with Gasteiger partial charge < -0.3 is 44.8 Å². The molecule has 0 aromatic heterocycles. The minimum atomic E-state index is -1.59. The van der Waals surface area contributed by atoms with Crippen molar-refractivity contribution < 1.29 is 49.6 Å². The van der Waals surface area contributed by atoms with Crippen LogP contribution in [-0.4, -0.2) is 98.8 Å². The molecular weight excluding hydrogens is 496 g/mol. The van der Waals surface area contributed by atoms with E-state index in [1.807, 2.05) is 0 Å². The number of carbonyl (C=O) groups is 1. The summed E-state index contributed by atoms with van der Waals surface area (Å²) < 4.78 is 17.4. The Labute approximate surface area is 224 Å². The van der Waals surface area contributed by atoms with E-state index < -0.39 is 60.4 Å². The summed E-state index contributed by atoms with van der Waals surface area (Å²) in [6, 6.07) is 0. The van der Waals surface area contributed by atoms with Crippen LogP contribution < -0.4 is 0 Å².